The molecule has 1 heterocycles. The van der Waals surface area contributed by atoms with Gasteiger partial charge in [0.1, 0.15) is 0 Å². The van der Waals surface area contributed by atoms with E-state index in [4.69, 9.17) is 21.1 Å². The number of rotatable bonds is 8. The first-order valence-electron chi connectivity index (χ1n) is 6.54. The van der Waals surface area contributed by atoms with E-state index in [0.29, 0.717) is 31.2 Å². The minimum absolute atomic E-state index is 0.166. The monoisotopic (exact) mass is 286 g/mol. The molecular weight excluding hydrogens is 268 g/mol. The maximum atomic E-state index is 5.93. The molecule has 1 aliphatic carbocycles. The van der Waals surface area contributed by atoms with Crippen molar-refractivity contribution >= 4 is 17.5 Å². The first-order valence-corrected chi connectivity index (χ1v) is 6.92. The van der Waals surface area contributed by atoms with Crippen LogP contribution in [0.2, 0.25) is 5.28 Å². The van der Waals surface area contributed by atoms with Crippen LogP contribution in [0, 0.1) is 0 Å². The van der Waals surface area contributed by atoms with Crippen molar-refractivity contribution in [1.82, 2.24) is 15.0 Å². The Balaban J connectivity index is 2.13. The molecule has 1 aromatic heterocycles. The second-order valence-electron chi connectivity index (χ2n) is 4.45. The summed E-state index contributed by atoms with van der Waals surface area (Å²) in [5.74, 6) is 0.575. The molecule has 0 atom stereocenters. The second-order valence-corrected chi connectivity index (χ2v) is 4.79. The summed E-state index contributed by atoms with van der Waals surface area (Å²) in [7, 11) is 1.68. The van der Waals surface area contributed by atoms with E-state index in [9.17, 15) is 0 Å². The molecule has 0 amide bonds. The molecule has 0 radical (unpaired) electrons. The molecule has 6 nitrogen and oxygen atoms in total. The van der Waals surface area contributed by atoms with Crippen molar-refractivity contribution in [3.8, 4) is 6.01 Å². The molecule has 0 aliphatic heterocycles. The highest BCUT2D eigenvalue weighted by Crippen LogP contribution is 2.30. The average Bonchev–Trinajstić information content (AvgIpc) is 3.21. The van der Waals surface area contributed by atoms with Crippen molar-refractivity contribution in [1.29, 1.82) is 0 Å². The summed E-state index contributed by atoms with van der Waals surface area (Å²) in [6.07, 6.45) is 3.20. The van der Waals surface area contributed by atoms with Gasteiger partial charge in [0.25, 0.3) is 0 Å². The minimum atomic E-state index is 0.166. The highest BCUT2D eigenvalue weighted by Gasteiger charge is 2.31. The zero-order chi connectivity index (χ0) is 13.7. The summed E-state index contributed by atoms with van der Waals surface area (Å²) in [5.41, 5.74) is 0. The Labute approximate surface area is 118 Å². The fourth-order valence-corrected chi connectivity index (χ4v) is 1.88. The number of methoxy groups -OCH3 is 1. The topological polar surface area (TPSA) is 60.4 Å². The SMILES string of the molecule is CCCOc1nc(Cl)nc(N(CCOC)C2CC2)n1. The molecule has 1 fully saturated rings. The highest BCUT2D eigenvalue weighted by atomic mass is 35.5. The molecule has 1 aromatic rings. The van der Waals surface area contributed by atoms with E-state index >= 15 is 0 Å². The van der Waals surface area contributed by atoms with Crippen molar-refractivity contribution in [2.75, 3.05) is 31.8 Å². The van der Waals surface area contributed by atoms with Gasteiger partial charge in [0.05, 0.1) is 13.2 Å². The summed E-state index contributed by atoms with van der Waals surface area (Å²) in [6.45, 7) is 3.97. The quantitative estimate of drug-likeness (QED) is 0.728. The number of nitrogens with zero attached hydrogens (tertiary/aromatic N) is 4. The van der Waals surface area contributed by atoms with Crippen LogP contribution in [-0.2, 0) is 4.74 Å². The molecule has 2 rings (SSSR count). The predicted octanol–water partition coefficient (Wildman–Crippen LogP) is 1.93. The van der Waals surface area contributed by atoms with Gasteiger partial charge in [-0.05, 0) is 30.9 Å². The van der Waals surface area contributed by atoms with E-state index in [1.165, 1.54) is 0 Å². The average molecular weight is 287 g/mol. The number of hydrogen-bond donors (Lipinski definition) is 0. The Kier molecular flexibility index (Phi) is 5.15. The summed E-state index contributed by atoms with van der Waals surface area (Å²) >= 11 is 5.93. The third-order valence-electron chi connectivity index (χ3n) is 2.79. The van der Waals surface area contributed by atoms with Crippen molar-refractivity contribution in [3.63, 3.8) is 0 Å². The molecule has 106 valence electrons. The Morgan fingerprint density at radius 1 is 1.26 bits per heavy atom. The zero-order valence-corrected chi connectivity index (χ0v) is 12.1. The summed E-state index contributed by atoms with van der Waals surface area (Å²) < 4.78 is 10.5. The van der Waals surface area contributed by atoms with E-state index in [0.717, 1.165) is 25.8 Å². The molecule has 1 saturated carbocycles. The third kappa shape index (κ3) is 4.18. The maximum absolute atomic E-state index is 5.93. The normalized spacial score (nSPS) is 14.5. The van der Waals surface area contributed by atoms with Gasteiger partial charge in [0.2, 0.25) is 11.2 Å². The fraction of sp³-hybridized carbons (Fsp3) is 0.750. The van der Waals surface area contributed by atoms with Gasteiger partial charge < -0.3 is 14.4 Å². The molecule has 0 saturated heterocycles. The van der Waals surface area contributed by atoms with Crippen LogP contribution in [0.5, 0.6) is 6.01 Å². The standard InChI is InChI=1S/C12H19ClN4O2/c1-3-7-19-12-15-10(13)14-11(16-12)17(6-8-18-2)9-4-5-9/h9H,3-8H2,1-2H3. The lowest BCUT2D eigenvalue weighted by Crippen LogP contribution is -2.31. The van der Waals surface area contributed by atoms with Gasteiger partial charge in [-0.25, -0.2) is 0 Å². The van der Waals surface area contributed by atoms with E-state index in [-0.39, 0.29) is 5.28 Å². The molecule has 0 aromatic carbocycles. The molecule has 1 aliphatic rings. The van der Waals surface area contributed by atoms with Crippen molar-refractivity contribution < 1.29 is 9.47 Å². The first-order chi connectivity index (χ1) is 9.24. The number of aromatic nitrogens is 3. The van der Waals surface area contributed by atoms with Crippen LogP contribution in [0.25, 0.3) is 0 Å². The molecule has 0 unspecified atom stereocenters. The molecule has 0 spiro atoms. The van der Waals surface area contributed by atoms with Gasteiger partial charge >= 0.3 is 6.01 Å². The van der Waals surface area contributed by atoms with Gasteiger partial charge in [0, 0.05) is 19.7 Å². The van der Waals surface area contributed by atoms with Crippen molar-refractivity contribution in [2.45, 2.75) is 32.2 Å². The largest absolute Gasteiger partial charge is 0.463 e. The van der Waals surface area contributed by atoms with Crippen molar-refractivity contribution in [3.05, 3.63) is 5.28 Å². The van der Waals surface area contributed by atoms with Crippen LogP contribution in [-0.4, -0.2) is 47.9 Å². The zero-order valence-electron chi connectivity index (χ0n) is 11.3. The minimum Gasteiger partial charge on any atom is -0.463 e. The maximum Gasteiger partial charge on any atom is 0.322 e. The van der Waals surface area contributed by atoms with Gasteiger partial charge in [-0.15, -0.1) is 0 Å². The first kappa shape index (κ1) is 14.3. The van der Waals surface area contributed by atoms with E-state index in [1.54, 1.807) is 7.11 Å². The Morgan fingerprint density at radius 3 is 2.68 bits per heavy atom. The number of ether oxygens (including phenoxy) is 2. The lowest BCUT2D eigenvalue weighted by Gasteiger charge is -2.21. The molecular formula is C12H19ClN4O2. The van der Waals surface area contributed by atoms with Crippen LogP contribution in [0.1, 0.15) is 26.2 Å². The van der Waals surface area contributed by atoms with Crippen LogP contribution in [0.4, 0.5) is 5.95 Å². The van der Waals surface area contributed by atoms with Gasteiger partial charge in [0.15, 0.2) is 0 Å². The number of halogens is 1. The molecule has 0 bridgehead atoms. The third-order valence-corrected chi connectivity index (χ3v) is 2.96. The van der Waals surface area contributed by atoms with Crippen LogP contribution in [0.3, 0.4) is 0 Å². The van der Waals surface area contributed by atoms with E-state index in [1.807, 2.05) is 6.92 Å². The van der Waals surface area contributed by atoms with Crippen LogP contribution >= 0.6 is 11.6 Å². The lowest BCUT2D eigenvalue weighted by atomic mass is 10.5. The Hall–Kier alpha value is -1.14. The van der Waals surface area contributed by atoms with Crippen molar-refractivity contribution in [2.24, 2.45) is 0 Å². The second kappa shape index (κ2) is 6.86. The van der Waals surface area contributed by atoms with Crippen LogP contribution in [0.15, 0.2) is 0 Å². The number of anilines is 1. The van der Waals surface area contributed by atoms with Gasteiger partial charge in [-0.3, -0.25) is 0 Å². The Bertz CT molecular complexity index is 415. The van der Waals surface area contributed by atoms with Crippen LogP contribution < -0.4 is 9.64 Å². The Morgan fingerprint density at radius 2 is 2.05 bits per heavy atom. The summed E-state index contributed by atoms with van der Waals surface area (Å²) in [5, 5.41) is 0.166. The molecule has 0 N–H and O–H groups in total. The summed E-state index contributed by atoms with van der Waals surface area (Å²) in [4.78, 5) is 14.6. The smallest absolute Gasteiger partial charge is 0.322 e. The lowest BCUT2D eigenvalue weighted by molar-refractivity contribution is 0.204. The van der Waals surface area contributed by atoms with Gasteiger partial charge in [-0.1, -0.05) is 6.92 Å². The van der Waals surface area contributed by atoms with Gasteiger partial charge in [-0.2, -0.15) is 15.0 Å². The highest BCUT2D eigenvalue weighted by molar-refractivity contribution is 6.28. The van der Waals surface area contributed by atoms with E-state index < -0.39 is 0 Å². The molecule has 19 heavy (non-hydrogen) atoms. The summed E-state index contributed by atoms with van der Waals surface area (Å²) in [6, 6.07) is 0.771. The predicted molar refractivity (Wildman–Crippen MR) is 72.9 cm³/mol. The number of hydrogen-bond acceptors (Lipinski definition) is 6. The fourth-order valence-electron chi connectivity index (χ4n) is 1.73. The van der Waals surface area contributed by atoms with E-state index in [2.05, 4.69) is 19.9 Å². The molecule has 7 heteroatoms.